The molecule has 12 nitrogen and oxygen atoms in total. The third-order valence-corrected chi connectivity index (χ3v) is 72.7. The summed E-state index contributed by atoms with van der Waals surface area (Å²) in [5, 5.41) is 17.7. The number of anilines is 6. The molecular weight excluding hydrogens is 1790 g/mol. The number of carbonyl (C=O) groups excluding carboxylic acids is 6. The Balaban J connectivity index is 1.43. The van der Waals surface area contributed by atoms with Gasteiger partial charge in [-0.05, 0) is 0 Å². The molecule has 87 heavy (non-hydrogen) atoms. The van der Waals surface area contributed by atoms with Crippen LogP contribution in [0.4, 0.5) is 34.1 Å². The summed E-state index contributed by atoms with van der Waals surface area (Å²) < 4.78 is 3.84. The average Bonchev–Trinajstić information content (AvgIpc) is 2.34. The van der Waals surface area contributed by atoms with Gasteiger partial charge in [-0.2, -0.15) is 0 Å². The zero-order valence-corrected chi connectivity index (χ0v) is 63.9. The van der Waals surface area contributed by atoms with Crippen LogP contribution < -0.4 is 41.7 Å². The summed E-state index contributed by atoms with van der Waals surface area (Å²) in [6.45, 7) is 32.9. The second-order valence-electron chi connectivity index (χ2n) is 19.6. The zero-order chi connectivity index (χ0) is 62.9. The van der Waals surface area contributed by atoms with E-state index in [0.29, 0.717) is 67.6 Å². The molecule has 7 rings (SSSR count). The first-order valence-corrected chi connectivity index (χ1v) is 61.9. The molecule has 0 atom stereocenters. The fourth-order valence-corrected chi connectivity index (χ4v) is 73.8. The Bertz CT molecular complexity index is 3170. The molecule has 0 fully saturated rings. The van der Waals surface area contributed by atoms with Crippen LogP contribution in [0.2, 0.25) is 0 Å². The molecule has 0 bridgehead atoms. The van der Waals surface area contributed by atoms with Gasteiger partial charge in [-0.3, -0.25) is 0 Å². The van der Waals surface area contributed by atoms with Gasteiger partial charge in [0.25, 0.3) is 0 Å². The van der Waals surface area contributed by atoms with Gasteiger partial charge in [0.15, 0.2) is 0 Å². The van der Waals surface area contributed by atoms with Gasteiger partial charge in [0.2, 0.25) is 0 Å². The summed E-state index contributed by atoms with van der Waals surface area (Å²) in [4.78, 5) is 82.6. The Hall–Kier alpha value is -5.45. The quantitative estimate of drug-likeness (QED) is 0.0213. The van der Waals surface area contributed by atoms with Gasteiger partial charge in [-0.15, -0.1) is 0 Å². The van der Waals surface area contributed by atoms with Crippen LogP contribution in [0.25, 0.3) is 0 Å². The van der Waals surface area contributed by atoms with E-state index in [1.165, 1.54) is 9.81 Å². The van der Waals surface area contributed by atoms with Gasteiger partial charge in [0, 0.05) is 0 Å². The van der Waals surface area contributed by atoms with Crippen LogP contribution in [-0.2, 0) is 28.8 Å². The van der Waals surface area contributed by atoms with Gasteiger partial charge in [0.1, 0.15) is 0 Å². The Kier molecular flexibility index (Phi) is 26.5. The third-order valence-electron chi connectivity index (χ3n) is 11.6. The van der Waals surface area contributed by atoms with E-state index < -0.39 is 56.5 Å². The van der Waals surface area contributed by atoms with Crippen molar-refractivity contribution in [3.63, 3.8) is 0 Å². The molecule has 7 aromatic carbocycles. The zero-order valence-electron chi connectivity index (χ0n) is 48.6. The monoisotopic (exact) mass is 1850 g/mol. The predicted octanol–water partition coefficient (Wildman–Crippen LogP) is 14.6. The molecule has 0 saturated carbocycles. The minimum absolute atomic E-state index is 0.255. The van der Waals surface area contributed by atoms with Gasteiger partial charge in [-0.25, -0.2) is 0 Å². The number of hydrogen-bond acceptors (Lipinski definition) is 12. The summed E-state index contributed by atoms with van der Waals surface area (Å²) in [6.07, 6.45) is 0. The molecule has 0 aliphatic heterocycles. The first-order chi connectivity index (χ1) is 41.4. The van der Waals surface area contributed by atoms with Crippen LogP contribution in [0.1, 0.15) is 41.5 Å². The molecule has 0 heterocycles. The molecule has 0 radical (unpaired) electrons. The van der Waals surface area contributed by atoms with Crippen molar-refractivity contribution in [3.8, 4) is 0 Å². The van der Waals surface area contributed by atoms with E-state index in [2.05, 4.69) is 162 Å². The van der Waals surface area contributed by atoms with E-state index >= 15 is 0 Å². The number of benzene rings is 7. The Labute approximate surface area is 548 Å². The van der Waals surface area contributed by atoms with Crippen molar-refractivity contribution < 1.29 is 28.8 Å². The molecule has 21 heteroatoms. The molecule has 0 aliphatic carbocycles. The predicted molar refractivity (Wildman–Crippen MR) is 377 cm³/mol. The summed E-state index contributed by atoms with van der Waals surface area (Å²) in [7, 11) is 11.3. The standard InChI is InChI=1S/6C10H11NOS.C6H3.3Bi/c6*1-7(2)10(12)11-8-3-5-9(13)6-4-8;1-2-4-6-5-3-1;;;/h6*3-6,13H,1H2,2H3,(H,11,12);1,4-5H;;;/q;;;;;;;3*+2/p-6. The van der Waals surface area contributed by atoms with Crippen molar-refractivity contribution in [2.24, 2.45) is 0 Å². The third kappa shape index (κ3) is 21.9. The fourth-order valence-electron chi connectivity index (χ4n) is 6.86. The molecule has 0 spiro atoms. The van der Waals surface area contributed by atoms with E-state index in [4.69, 9.17) is 0 Å². The molecule has 444 valence electrons. The molecular formula is C66H63Bi3N6O6S6. The van der Waals surface area contributed by atoms with Crippen molar-refractivity contribution in [3.05, 3.63) is 237 Å². The van der Waals surface area contributed by atoms with Crippen LogP contribution in [-0.4, -0.2) is 91.9 Å². The molecule has 0 saturated heterocycles. The number of amides is 6. The summed E-state index contributed by atoms with van der Waals surface area (Å²) in [5.41, 5.74) is 6.40. The second-order valence-corrected chi connectivity index (χ2v) is 73.6. The number of rotatable bonds is 27. The Morgan fingerprint density at radius 3 is 0.494 bits per heavy atom. The topological polar surface area (TPSA) is 175 Å². The van der Waals surface area contributed by atoms with Crippen LogP contribution in [0.3, 0.4) is 0 Å². The van der Waals surface area contributed by atoms with Gasteiger partial charge in [0.05, 0.1) is 0 Å². The van der Waals surface area contributed by atoms with E-state index in [9.17, 15) is 28.8 Å². The molecule has 6 N–H and O–H groups in total. The van der Waals surface area contributed by atoms with Crippen LogP contribution in [0, 0.1) is 0 Å². The van der Waals surface area contributed by atoms with Crippen LogP contribution in [0.5, 0.6) is 0 Å². The summed E-state index contributed by atoms with van der Waals surface area (Å²) in [5.74, 6) is -1.53. The number of hydrogen-bond donors (Lipinski definition) is 6. The fraction of sp³-hybridized carbons (Fsp3) is 0.0909. The molecule has 0 unspecified atom stereocenters. The second kappa shape index (κ2) is 33.4. The van der Waals surface area contributed by atoms with Gasteiger partial charge < -0.3 is 0 Å². The van der Waals surface area contributed by atoms with Gasteiger partial charge in [-0.1, -0.05) is 0 Å². The average molecular weight is 1860 g/mol. The maximum absolute atomic E-state index is 12.7. The van der Waals surface area contributed by atoms with Crippen molar-refractivity contribution in [2.45, 2.75) is 70.9 Å². The SMILES string of the molecule is C=C(C)C(=O)Nc1ccc([S][Bi]([S]c2ccc(NC(=O)C(=C)C)cc2)[c]2c[c]([Bi]([S]c3ccc(NC(=O)C(=C)C)cc3)[S]c3ccc(NC(=O)C(=C)C)cc3)c[c]([Bi]([S]c3ccc(NC(=O)C(=C)C)cc3)[S]c3ccc(NC(=O)C(=C)C)cc3)c2)cc1. The van der Waals surface area contributed by atoms with Crippen molar-refractivity contribution in [1.82, 2.24) is 0 Å². The first-order valence-electron chi connectivity index (χ1n) is 26.5. The van der Waals surface area contributed by atoms with Crippen molar-refractivity contribution >= 4 is 187 Å². The molecule has 0 aromatic heterocycles. The number of nitrogens with one attached hydrogen (secondary N) is 6. The number of carbonyl (C=O) groups is 6. The summed E-state index contributed by atoms with van der Waals surface area (Å²) in [6, 6.07) is 55.1. The van der Waals surface area contributed by atoms with Crippen molar-refractivity contribution in [1.29, 1.82) is 0 Å². The minimum atomic E-state index is -3.24. The van der Waals surface area contributed by atoms with E-state index in [0.717, 1.165) is 29.4 Å². The maximum atomic E-state index is 12.7. The van der Waals surface area contributed by atoms with Crippen LogP contribution in [0.15, 0.2) is 266 Å². The first kappa shape index (κ1) is 69.0. The Morgan fingerprint density at radius 1 is 0.253 bits per heavy atom. The van der Waals surface area contributed by atoms with Crippen LogP contribution >= 0.6 is 51.1 Å². The molecule has 0 aliphatic rings. The van der Waals surface area contributed by atoms with Crippen molar-refractivity contribution in [2.75, 3.05) is 31.9 Å². The normalized spacial score (nSPS) is 10.9. The Morgan fingerprint density at radius 2 is 0.379 bits per heavy atom. The van der Waals surface area contributed by atoms with Gasteiger partial charge >= 0.3 is 555 Å². The molecule has 6 amide bonds. The molecule has 7 aromatic rings. The van der Waals surface area contributed by atoms with E-state index in [1.54, 1.807) is 41.5 Å². The summed E-state index contributed by atoms with van der Waals surface area (Å²) >= 11 is -9.73. The van der Waals surface area contributed by atoms with E-state index in [1.807, 2.05) is 124 Å². The van der Waals surface area contributed by atoms with E-state index in [-0.39, 0.29) is 35.4 Å².